The lowest BCUT2D eigenvalue weighted by Crippen LogP contribution is -2.38. The van der Waals surface area contributed by atoms with E-state index >= 15 is 0 Å². The van der Waals surface area contributed by atoms with Crippen molar-refractivity contribution in [1.29, 1.82) is 5.26 Å². The van der Waals surface area contributed by atoms with E-state index in [4.69, 9.17) is 5.26 Å². The molecule has 3 rings (SSSR count). The van der Waals surface area contributed by atoms with Gasteiger partial charge in [-0.2, -0.15) is 5.26 Å². The summed E-state index contributed by atoms with van der Waals surface area (Å²) >= 11 is 0. The molecule has 0 atom stereocenters. The predicted molar refractivity (Wildman–Crippen MR) is 121 cm³/mol. The molecule has 0 saturated carbocycles. The maximum Gasteiger partial charge on any atom is 0.264 e. The first-order valence-electron chi connectivity index (χ1n) is 9.72. The number of carbonyl (C=O) groups is 1. The molecule has 0 fully saturated rings. The molecule has 3 aromatic rings. The summed E-state index contributed by atoms with van der Waals surface area (Å²) in [6.07, 6.45) is 0.282. The molecule has 0 radical (unpaired) electrons. The molecule has 7 heteroatoms. The summed E-state index contributed by atoms with van der Waals surface area (Å²) < 4.78 is 27.8. The molecule has 31 heavy (non-hydrogen) atoms. The number of amides is 1. The summed E-state index contributed by atoms with van der Waals surface area (Å²) in [5, 5.41) is 11.5. The molecule has 0 bridgehead atoms. The summed E-state index contributed by atoms with van der Waals surface area (Å²) in [7, 11) is -3.95. The zero-order valence-corrected chi connectivity index (χ0v) is 18.2. The molecule has 1 N–H and O–H groups in total. The zero-order chi connectivity index (χ0) is 22.4. The standard InChI is InChI=1S/C24H23N3O3S/c1-18-8-13-22(16-19(18)2)27(31(29,30)23-6-4-3-5-7-23)17-24(28)26-21-11-9-20(10-12-21)14-15-25/h3-13,16H,14,17H2,1-2H3,(H,26,28). The highest BCUT2D eigenvalue weighted by Crippen LogP contribution is 2.26. The molecular weight excluding hydrogens is 410 g/mol. The smallest absolute Gasteiger partial charge is 0.264 e. The number of benzene rings is 3. The Labute approximate surface area is 182 Å². The highest BCUT2D eigenvalue weighted by Gasteiger charge is 2.27. The number of sulfonamides is 1. The second-order valence-corrected chi connectivity index (χ2v) is 9.04. The van der Waals surface area contributed by atoms with Gasteiger partial charge in [-0.3, -0.25) is 9.10 Å². The maximum atomic E-state index is 13.3. The van der Waals surface area contributed by atoms with Gasteiger partial charge in [-0.25, -0.2) is 8.42 Å². The number of carbonyl (C=O) groups excluding carboxylic acids is 1. The van der Waals surface area contributed by atoms with Crippen LogP contribution in [0.3, 0.4) is 0 Å². The topological polar surface area (TPSA) is 90.3 Å². The van der Waals surface area contributed by atoms with E-state index in [1.807, 2.05) is 19.9 Å². The molecule has 0 unspecified atom stereocenters. The summed E-state index contributed by atoms with van der Waals surface area (Å²) in [5.74, 6) is -0.467. The van der Waals surface area contributed by atoms with Gasteiger partial charge in [0.05, 0.1) is 23.1 Å². The van der Waals surface area contributed by atoms with E-state index in [0.717, 1.165) is 21.0 Å². The van der Waals surface area contributed by atoms with Gasteiger partial charge in [-0.05, 0) is 66.9 Å². The lowest BCUT2D eigenvalue weighted by molar-refractivity contribution is -0.114. The van der Waals surface area contributed by atoms with E-state index in [9.17, 15) is 13.2 Å². The van der Waals surface area contributed by atoms with Crippen LogP contribution < -0.4 is 9.62 Å². The summed E-state index contributed by atoms with van der Waals surface area (Å²) in [4.78, 5) is 12.9. The number of hydrogen-bond acceptors (Lipinski definition) is 4. The minimum Gasteiger partial charge on any atom is -0.325 e. The fourth-order valence-corrected chi connectivity index (χ4v) is 4.48. The Bertz CT molecular complexity index is 1220. The lowest BCUT2D eigenvalue weighted by Gasteiger charge is -2.25. The van der Waals surface area contributed by atoms with E-state index in [-0.39, 0.29) is 17.9 Å². The number of aryl methyl sites for hydroxylation is 2. The molecule has 0 heterocycles. The van der Waals surface area contributed by atoms with Crippen LogP contribution in [0.5, 0.6) is 0 Å². The van der Waals surface area contributed by atoms with Crippen molar-refractivity contribution in [2.24, 2.45) is 0 Å². The Balaban J connectivity index is 1.90. The fraction of sp³-hybridized carbons (Fsp3) is 0.167. The van der Waals surface area contributed by atoms with Crippen molar-refractivity contribution in [3.8, 4) is 6.07 Å². The Morgan fingerprint density at radius 1 is 0.968 bits per heavy atom. The van der Waals surface area contributed by atoms with Gasteiger partial charge in [-0.15, -0.1) is 0 Å². The lowest BCUT2D eigenvalue weighted by atomic mass is 10.1. The monoisotopic (exact) mass is 433 g/mol. The van der Waals surface area contributed by atoms with Gasteiger partial charge in [0.15, 0.2) is 0 Å². The first kappa shape index (κ1) is 22.1. The third-order valence-corrected chi connectivity index (χ3v) is 6.71. The highest BCUT2D eigenvalue weighted by atomic mass is 32.2. The molecule has 0 spiro atoms. The summed E-state index contributed by atoms with van der Waals surface area (Å²) in [6.45, 7) is 3.46. The Morgan fingerprint density at radius 2 is 1.65 bits per heavy atom. The number of anilines is 2. The van der Waals surface area contributed by atoms with E-state index in [1.54, 1.807) is 54.6 Å². The minimum atomic E-state index is -3.95. The highest BCUT2D eigenvalue weighted by molar-refractivity contribution is 7.92. The molecule has 0 saturated heterocycles. The fourth-order valence-electron chi connectivity index (χ4n) is 3.04. The van der Waals surface area contributed by atoms with Crippen LogP contribution in [0.15, 0.2) is 77.7 Å². The van der Waals surface area contributed by atoms with Crippen LogP contribution in [0.2, 0.25) is 0 Å². The maximum absolute atomic E-state index is 13.3. The van der Waals surface area contributed by atoms with Crippen molar-refractivity contribution >= 4 is 27.3 Å². The molecule has 0 aliphatic carbocycles. The van der Waals surface area contributed by atoms with Gasteiger partial charge >= 0.3 is 0 Å². The average Bonchev–Trinajstić information content (AvgIpc) is 2.76. The van der Waals surface area contributed by atoms with Crippen molar-refractivity contribution < 1.29 is 13.2 Å². The number of rotatable bonds is 7. The molecule has 1 amide bonds. The number of hydrogen-bond donors (Lipinski definition) is 1. The van der Waals surface area contributed by atoms with Gasteiger partial charge in [0.25, 0.3) is 10.0 Å². The van der Waals surface area contributed by atoms with Gasteiger partial charge in [-0.1, -0.05) is 36.4 Å². The number of nitrogens with one attached hydrogen (secondary N) is 1. The van der Waals surface area contributed by atoms with Crippen LogP contribution >= 0.6 is 0 Å². The van der Waals surface area contributed by atoms with E-state index in [1.165, 1.54) is 12.1 Å². The van der Waals surface area contributed by atoms with Gasteiger partial charge < -0.3 is 5.32 Å². The molecule has 0 aliphatic rings. The van der Waals surface area contributed by atoms with Crippen molar-refractivity contribution in [2.75, 3.05) is 16.2 Å². The third-order valence-electron chi connectivity index (χ3n) is 4.92. The third kappa shape index (κ3) is 5.30. The largest absolute Gasteiger partial charge is 0.325 e. The molecule has 3 aromatic carbocycles. The van der Waals surface area contributed by atoms with Crippen LogP contribution in [0.1, 0.15) is 16.7 Å². The molecule has 158 valence electrons. The second-order valence-electron chi connectivity index (χ2n) is 7.17. The second kappa shape index (κ2) is 9.45. The number of nitrogens with zero attached hydrogens (tertiary/aromatic N) is 2. The SMILES string of the molecule is Cc1ccc(N(CC(=O)Nc2ccc(CC#N)cc2)S(=O)(=O)c2ccccc2)cc1C. The normalized spacial score (nSPS) is 10.9. The van der Waals surface area contributed by atoms with Crippen molar-refractivity contribution in [1.82, 2.24) is 0 Å². The Hall–Kier alpha value is -3.63. The van der Waals surface area contributed by atoms with E-state index < -0.39 is 15.9 Å². The molecule has 0 aromatic heterocycles. The number of nitriles is 1. The molecule has 0 aliphatic heterocycles. The average molecular weight is 434 g/mol. The minimum absolute atomic E-state index is 0.113. The predicted octanol–water partition coefficient (Wildman–Crippen LogP) is 4.20. The van der Waals surface area contributed by atoms with Crippen LogP contribution in [0, 0.1) is 25.2 Å². The quantitative estimate of drug-likeness (QED) is 0.604. The first-order chi connectivity index (χ1) is 14.8. The van der Waals surface area contributed by atoms with Crippen LogP contribution in [-0.2, 0) is 21.2 Å². The zero-order valence-electron chi connectivity index (χ0n) is 17.4. The van der Waals surface area contributed by atoms with Gasteiger partial charge in [0.1, 0.15) is 6.54 Å². The summed E-state index contributed by atoms with van der Waals surface area (Å²) in [5.41, 5.74) is 3.75. The van der Waals surface area contributed by atoms with Crippen LogP contribution in [-0.4, -0.2) is 20.9 Å². The van der Waals surface area contributed by atoms with Gasteiger partial charge in [0.2, 0.25) is 5.91 Å². The molecule has 6 nitrogen and oxygen atoms in total. The summed E-state index contributed by atoms with van der Waals surface area (Å²) in [6, 6.07) is 22.3. The van der Waals surface area contributed by atoms with Crippen LogP contribution in [0.4, 0.5) is 11.4 Å². The molecular formula is C24H23N3O3S. The van der Waals surface area contributed by atoms with E-state index in [0.29, 0.717) is 11.4 Å². The first-order valence-corrected chi connectivity index (χ1v) is 11.2. The van der Waals surface area contributed by atoms with E-state index in [2.05, 4.69) is 11.4 Å². The Kier molecular flexibility index (Phi) is 6.73. The Morgan fingerprint density at radius 3 is 2.26 bits per heavy atom. The van der Waals surface area contributed by atoms with Crippen molar-refractivity contribution in [3.05, 3.63) is 89.5 Å². The van der Waals surface area contributed by atoms with Crippen molar-refractivity contribution in [3.63, 3.8) is 0 Å². The van der Waals surface area contributed by atoms with Crippen LogP contribution in [0.25, 0.3) is 0 Å². The van der Waals surface area contributed by atoms with Gasteiger partial charge in [0, 0.05) is 5.69 Å². The van der Waals surface area contributed by atoms with Crippen molar-refractivity contribution in [2.45, 2.75) is 25.2 Å².